The molecular formula is C79H154O17P2. The van der Waals surface area contributed by atoms with Crippen LogP contribution in [0.2, 0.25) is 0 Å². The van der Waals surface area contributed by atoms with Crippen molar-refractivity contribution in [2.75, 3.05) is 39.6 Å². The summed E-state index contributed by atoms with van der Waals surface area (Å²) in [4.78, 5) is 72.6. The number of hydrogen-bond acceptors (Lipinski definition) is 15. The molecule has 5 atom stereocenters. The second kappa shape index (κ2) is 72.0. The molecule has 19 heteroatoms. The van der Waals surface area contributed by atoms with Gasteiger partial charge in [-0.2, -0.15) is 0 Å². The molecule has 17 nitrogen and oxygen atoms in total. The minimum absolute atomic E-state index is 0.107. The number of phosphoric ester groups is 2. The number of unbranched alkanes of at least 4 members (excludes halogenated alkanes) is 51. The number of hydrogen-bond donors (Lipinski definition) is 3. The minimum Gasteiger partial charge on any atom is -0.462 e. The lowest BCUT2D eigenvalue weighted by atomic mass is 10.0. The Morgan fingerprint density at radius 3 is 0.694 bits per heavy atom. The predicted octanol–water partition coefficient (Wildman–Crippen LogP) is 23.6. The van der Waals surface area contributed by atoms with Gasteiger partial charge in [-0.25, -0.2) is 9.13 Å². The fourth-order valence-corrected chi connectivity index (χ4v) is 13.8. The molecule has 0 heterocycles. The topological polar surface area (TPSA) is 237 Å². The standard InChI is InChI=1S/C79H154O17P2/c1-6-9-12-15-17-19-21-23-24-25-26-27-28-29-34-38-42-46-50-55-60-65-79(84)96-75(69-90-77(82)63-58-53-48-44-40-37-33-31-30-32-36-39-43-47-52-56-61-72(4)5)71-94-98(87,88)92-67-73(80)66-91-97(85,86)93-70-74(68-89-76(81)62-57-51-14-11-8-3)95-78(83)64-59-54-49-45-41-35-22-20-18-16-13-10-7-2/h72-75,80H,6-71H2,1-5H3,(H,85,86)(H,87,88)/t73-,74+,75+/m0/s1. The molecule has 98 heavy (non-hydrogen) atoms. The second-order valence-electron chi connectivity index (χ2n) is 28.9. The summed E-state index contributed by atoms with van der Waals surface area (Å²) in [5.41, 5.74) is 0. The van der Waals surface area contributed by atoms with E-state index in [2.05, 4.69) is 34.6 Å². The maximum absolute atomic E-state index is 13.1. The molecule has 0 aliphatic heterocycles. The quantitative estimate of drug-likeness (QED) is 0.0222. The molecule has 0 amide bonds. The molecule has 0 aliphatic carbocycles. The zero-order valence-electron chi connectivity index (χ0n) is 63.9. The average molecular weight is 1440 g/mol. The van der Waals surface area contributed by atoms with Gasteiger partial charge in [0, 0.05) is 25.7 Å². The first-order valence-corrected chi connectivity index (χ1v) is 44.1. The number of rotatable bonds is 79. The Hall–Kier alpha value is -1.94. The molecule has 0 spiro atoms. The van der Waals surface area contributed by atoms with Gasteiger partial charge in [-0.05, 0) is 31.6 Å². The smallest absolute Gasteiger partial charge is 0.462 e. The zero-order valence-corrected chi connectivity index (χ0v) is 65.7. The third-order valence-electron chi connectivity index (χ3n) is 18.5. The lowest BCUT2D eigenvalue weighted by Gasteiger charge is -2.21. The van der Waals surface area contributed by atoms with Crippen LogP contribution >= 0.6 is 15.6 Å². The van der Waals surface area contributed by atoms with Crippen molar-refractivity contribution in [2.24, 2.45) is 5.92 Å². The summed E-state index contributed by atoms with van der Waals surface area (Å²) in [6, 6.07) is 0. The zero-order chi connectivity index (χ0) is 71.9. The lowest BCUT2D eigenvalue weighted by molar-refractivity contribution is -0.161. The van der Waals surface area contributed by atoms with Crippen LogP contribution in [0, 0.1) is 5.92 Å². The summed E-state index contributed by atoms with van der Waals surface area (Å²) in [6.07, 6.45) is 63.0. The van der Waals surface area contributed by atoms with E-state index in [1.165, 1.54) is 238 Å². The highest BCUT2D eigenvalue weighted by atomic mass is 31.2. The SMILES string of the molecule is CCCCCCCCCCCCCCCCCCCCCCCC(=O)O[C@H](COC(=O)CCCCCCCCCCCCCCCCCCC(C)C)COP(=O)(O)OC[C@@H](O)COP(=O)(O)OC[C@@H](COC(=O)CCCCCCC)OC(=O)CCCCCCCCCCCCCCC. The first kappa shape index (κ1) is 96.1. The van der Waals surface area contributed by atoms with E-state index in [0.29, 0.717) is 25.7 Å². The molecule has 0 rings (SSSR count). The number of aliphatic hydroxyl groups is 1. The van der Waals surface area contributed by atoms with Crippen molar-refractivity contribution >= 4 is 39.5 Å². The van der Waals surface area contributed by atoms with E-state index in [1.54, 1.807) is 0 Å². The average Bonchev–Trinajstić information content (AvgIpc) is 0.974. The van der Waals surface area contributed by atoms with E-state index in [4.69, 9.17) is 37.0 Å². The van der Waals surface area contributed by atoms with Gasteiger partial charge in [-0.15, -0.1) is 0 Å². The van der Waals surface area contributed by atoms with Crippen molar-refractivity contribution in [1.29, 1.82) is 0 Å². The highest BCUT2D eigenvalue weighted by molar-refractivity contribution is 7.47. The normalized spacial score (nSPS) is 13.9. The van der Waals surface area contributed by atoms with Crippen molar-refractivity contribution in [3.05, 3.63) is 0 Å². The first-order valence-electron chi connectivity index (χ1n) is 41.1. The molecule has 0 fully saturated rings. The third kappa shape index (κ3) is 72.4. The molecule has 582 valence electrons. The number of esters is 4. The van der Waals surface area contributed by atoms with Gasteiger partial charge in [0.25, 0.3) is 0 Å². The van der Waals surface area contributed by atoms with Gasteiger partial charge in [-0.1, -0.05) is 369 Å². The van der Waals surface area contributed by atoms with Gasteiger partial charge in [0.1, 0.15) is 19.3 Å². The maximum atomic E-state index is 13.1. The molecule has 2 unspecified atom stereocenters. The highest BCUT2D eigenvalue weighted by Gasteiger charge is 2.30. The molecule has 0 aliphatic rings. The summed E-state index contributed by atoms with van der Waals surface area (Å²) < 4.78 is 68.4. The molecular weight excluding hydrogens is 1280 g/mol. The Kier molecular flexibility index (Phi) is 70.6. The molecule has 3 N–H and O–H groups in total. The number of phosphoric acid groups is 2. The van der Waals surface area contributed by atoms with Crippen LogP contribution in [0.4, 0.5) is 0 Å². The number of ether oxygens (including phenoxy) is 4. The van der Waals surface area contributed by atoms with Gasteiger partial charge in [-0.3, -0.25) is 37.3 Å². The molecule has 0 aromatic carbocycles. The second-order valence-corrected chi connectivity index (χ2v) is 31.8. The Labute approximate surface area is 600 Å². The van der Waals surface area contributed by atoms with Crippen molar-refractivity contribution in [3.8, 4) is 0 Å². The van der Waals surface area contributed by atoms with E-state index in [-0.39, 0.29) is 25.7 Å². The Bertz CT molecular complexity index is 1870. The van der Waals surface area contributed by atoms with Gasteiger partial charge in [0.05, 0.1) is 26.4 Å². The van der Waals surface area contributed by atoms with Crippen LogP contribution in [0.15, 0.2) is 0 Å². The van der Waals surface area contributed by atoms with Crippen molar-refractivity contribution < 1.29 is 80.2 Å². The molecule has 0 radical (unpaired) electrons. The third-order valence-corrected chi connectivity index (χ3v) is 20.4. The summed E-state index contributed by atoms with van der Waals surface area (Å²) in [6.45, 7) is 7.25. The van der Waals surface area contributed by atoms with E-state index < -0.39 is 97.5 Å². The number of carbonyl (C=O) groups excluding carboxylic acids is 4. The summed E-state index contributed by atoms with van der Waals surface area (Å²) in [7, 11) is -9.90. The monoisotopic (exact) mass is 1440 g/mol. The van der Waals surface area contributed by atoms with Crippen molar-refractivity contribution in [2.45, 2.75) is 438 Å². The summed E-state index contributed by atoms with van der Waals surface area (Å²) in [5, 5.41) is 10.6. The van der Waals surface area contributed by atoms with E-state index >= 15 is 0 Å². The van der Waals surface area contributed by atoms with Gasteiger partial charge in [0.15, 0.2) is 12.2 Å². The van der Waals surface area contributed by atoms with E-state index in [0.717, 1.165) is 102 Å². The molecule has 0 aromatic rings. The summed E-state index contributed by atoms with van der Waals surface area (Å²) in [5.74, 6) is -1.31. The van der Waals surface area contributed by atoms with Crippen molar-refractivity contribution in [3.63, 3.8) is 0 Å². The van der Waals surface area contributed by atoms with E-state index in [9.17, 15) is 43.2 Å². The van der Waals surface area contributed by atoms with Crippen LogP contribution in [-0.4, -0.2) is 96.7 Å². The lowest BCUT2D eigenvalue weighted by Crippen LogP contribution is -2.30. The number of carbonyl (C=O) groups is 4. The highest BCUT2D eigenvalue weighted by Crippen LogP contribution is 2.45. The van der Waals surface area contributed by atoms with Gasteiger partial charge in [0.2, 0.25) is 0 Å². The largest absolute Gasteiger partial charge is 0.472 e. The van der Waals surface area contributed by atoms with Gasteiger partial charge >= 0.3 is 39.5 Å². The van der Waals surface area contributed by atoms with Crippen LogP contribution in [0.5, 0.6) is 0 Å². The molecule has 0 aromatic heterocycles. The Morgan fingerprint density at radius 1 is 0.276 bits per heavy atom. The minimum atomic E-state index is -4.96. The fourth-order valence-electron chi connectivity index (χ4n) is 12.2. The van der Waals surface area contributed by atoms with Crippen LogP contribution in [0.1, 0.15) is 420 Å². The summed E-state index contributed by atoms with van der Waals surface area (Å²) >= 11 is 0. The van der Waals surface area contributed by atoms with Crippen LogP contribution in [-0.2, 0) is 65.4 Å². The van der Waals surface area contributed by atoms with Crippen LogP contribution < -0.4 is 0 Å². The predicted molar refractivity (Wildman–Crippen MR) is 400 cm³/mol. The molecule has 0 saturated carbocycles. The van der Waals surface area contributed by atoms with Crippen molar-refractivity contribution in [1.82, 2.24) is 0 Å². The van der Waals surface area contributed by atoms with Crippen LogP contribution in [0.3, 0.4) is 0 Å². The van der Waals surface area contributed by atoms with E-state index in [1.807, 2.05) is 0 Å². The maximum Gasteiger partial charge on any atom is 0.472 e. The van der Waals surface area contributed by atoms with Gasteiger partial charge < -0.3 is 33.8 Å². The molecule has 0 bridgehead atoms. The Morgan fingerprint density at radius 2 is 0.469 bits per heavy atom. The number of aliphatic hydroxyl groups excluding tert-OH is 1. The first-order chi connectivity index (χ1) is 47.5. The fraction of sp³-hybridized carbons (Fsp3) is 0.949. The van der Waals surface area contributed by atoms with Crippen LogP contribution in [0.25, 0.3) is 0 Å². The molecule has 0 saturated heterocycles. The Balaban J connectivity index is 5.11.